The molecule has 0 aliphatic heterocycles. The van der Waals surface area contributed by atoms with Crippen LogP contribution in [0.1, 0.15) is 6.92 Å². The monoisotopic (exact) mass is 448 g/mol. The third-order valence-electron chi connectivity index (χ3n) is 3.92. The average molecular weight is 449 g/mol. The largest absolute Gasteiger partial charge is 0.497 e. The van der Waals surface area contributed by atoms with Gasteiger partial charge < -0.3 is 9.47 Å². The van der Waals surface area contributed by atoms with Gasteiger partial charge in [-0.3, -0.25) is 14.4 Å². The van der Waals surface area contributed by atoms with E-state index in [1.165, 1.54) is 11.4 Å². The van der Waals surface area contributed by atoms with Gasteiger partial charge in [0.1, 0.15) is 11.5 Å². The van der Waals surface area contributed by atoms with Crippen molar-refractivity contribution in [2.45, 2.75) is 11.3 Å². The molecule has 11 heteroatoms. The van der Waals surface area contributed by atoms with Crippen LogP contribution in [0.2, 0.25) is 0 Å². The average Bonchev–Trinajstić information content (AvgIpc) is 3.23. The second kappa shape index (κ2) is 9.55. The van der Waals surface area contributed by atoms with E-state index in [4.69, 9.17) is 9.47 Å². The molecule has 0 atom stereocenters. The first-order chi connectivity index (χ1) is 14.4. The van der Waals surface area contributed by atoms with E-state index in [0.29, 0.717) is 17.2 Å². The minimum absolute atomic E-state index is 0.0704. The summed E-state index contributed by atoms with van der Waals surface area (Å²) in [5.41, 5.74) is 0.468. The number of amides is 1. The summed E-state index contributed by atoms with van der Waals surface area (Å²) in [6.07, 6.45) is 0. The Labute approximate surface area is 178 Å². The molecular formula is C19H20N4O5S2. The number of hydrogen-bond acceptors (Lipinski definition) is 8. The summed E-state index contributed by atoms with van der Waals surface area (Å²) < 4.78 is 37.4. The molecule has 0 saturated heterocycles. The molecule has 0 radical (unpaired) electrons. The lowest BCUT2D eigenvalue weighted by atomic mass is 10.3. The lowest BCUT2D eigenvalue weighted by Gasteiger charge is -2.21. The fraction of sp³-hybridized carbons (Fsp3) is 0.211. The Kier molecular flexibility index (Phi) is 6.85. The normalized spacial score (nSPS) is 11.0. The van der Waals surface area contributed by atoms with Crippen LogP contribution >= 0.6 is 11.3 Å². The van der Waals surface area contributed by atoms with Crippen LogP contribution in [0.25, 0.3) is 0 Å². The number of para-hydroxylation sites is 1. The van der Waals surface area contributed by atoms with Crippen LogP contribution in [0.5, 0.6) is 11.5 Å². The maximum atomic E-state index is 13.0. The predicted octanol–water partition coefficient (Wildman–Crippen LogP) is 2.78. The number of rotatable bonds is 9. The van der Waals surface area contributed by atoms with Gasteiger partial charge in [0.25, 0.3) is 20.3 Å². The second-order valence-corrected chi connectivity index (χ2v) is 8.90. The number of benzene rings is 2. The fourth-order valence-corrected chi connectivity index (χ4v) is 5.01. The van der Waals surface area contributed by atoms with Crippen LogP contribution in [0, 0.1) is 0 Å². The molecule has 1 N–H and O–H groups in total. The van der Waals surface area contributed by atoms with Crippen molar-refractivity contribution < 1.29 is 22.7 Å². The lowest BCUT2D eigenvalue weighted by molar-refractivity contribution is -0.118. The Morgan fingerprint density at radius 1 is 1.07 bits per heavy atom. The third-order valence-corrected chi connectivity index (χ3v) is 7.01. The lowest BCUT2D eigenvalue weighted by Crippen LogP contribution is -2.30. The maximum Gasteiger partial charge on any atom is 0.293 e. The standard InChI is InChI=1S/C19H20N4O5S2/c1-3-23(14-9-11-15(27-2)12-10-14)30(25,26)19-22-21-18(29-19)20-17(24)13-28-16-7-5-4-6-8-16/h4-12H,3,13H2,1-2H3,(H,20,21,24). The molecule has 0 spiro atoms. The molecule has 0 saturated carbocycles. The van der Waals surface area contributed by atoms with Crippen molar-refractivity contribution in [3.05, 3.63) is 54.6 Å². The summed E-state index contributed by atoms with van der Waals surface area (Å²) in [6, 6.07) is 15.5. The first kappa shape index (κ1) is 21.5. The number of ether oxygens (including phenoxy) is 2. The van der Waals surface area contributed by atoms with Gasteiger partial charge in [0.05, 0.1) is 12.8 Å². The Balaban J connectivity index is 1.68. The highest BCUT2D eigenvalue weighted by molar-refractivity contribution is 7.94. The molecular weight excluding hydrogens is 428 g/mol. The second-order valence-electron chi connectivity index (χ2n) is 5.89. The summed E-state index contributed by atoms with van der Waals surface area (Å²) in [4.78, 5) is 12.0. The number of anilines is 2. The van der Waals surface area contributed by atoms with Crippen molar-refractivity contribution in [2.75, 3.05) is 29.9 Å². The van der Waals surface area contributed by atoms with Gasteiger partial charge in [-0.15, -0.1) is 10.2 Å². The molecule has 0 aliphatic carbocycles. The quantitative estimate of drug-likeness (QED) is 0.501. The van der Waals surface area contributed by atoms with E-state index in [-0.39, 0.29) is 22.6 Å². The number of carbonyl (C=O) groups excluding carboxylic acids is 1. The van der Waals surface area contributed by atoms with E-state index in [2.05, 4.69) is 15.5 Å². The van der Waals surface area contributed by atoms with Crippen molar-refractivity contribution in [3.63, 3.8) is 0 Å². The third kappa shape index (κ3) is 5.05. The summed E-state index contributed by atoms with van der Waals surface area (Å²) in [7, 11) is -2.41. The summed E-state index contributed by atoms with van der Waals surface area (Å²) in [6.45, 7) is 1.67. The number of carbonyl (C=O) groups is 1. The Morgan fingerprint density at radius 3 is 2.40 bits per heavy atom. The molecule has 0 fully saturated rings. The van der Waals surface area contributed by atoms with Gasteiger partial charge >= 0.3 is 0 Å². The summed E-state index contributed by atoms with van der Waals surface area (Å²) >= 11 is 0.772. The SMILES string of the molecule is CCN(c1ccc(OC)cc1)S(=O)(=O)c1nnc(NC(=O)COc2ccccc2)s1. The molecule has 3 rings (SSSR count). The number of nitrogens with zero attached hydrogens (tertiary/aromatic N) is 3. The minimum atomic E-state index is -3.94. The molecule has 158 valence electrons. The summed E-state index contributed by atoms with van der Waals surface area (Å²) in [5.74, 6) is 0.693. The number of aromatic nitrogens is 2. The zero-order valence-electron chi connectivity index (χ0n) is 16.3. The molecule has 2 aromatic carbocycles. The molecule has 1 heterocycles. The maximum absolute atomic E-state index is 13.0. The number of methoxy groups -OCH3 is 1. The number of sulfonamides is 1. The first-order valence-electron chi connectivity index (χ1n) is 8.92. The molecule has 30 heavy (non-hydrogen) atoms. The Bertz CT molecular complexity index is 1090. The van der Waals surface area contributed by atoms with Gasteiger partial charge in [0.15, 0.2) is 6.61 Å². The molecule has 1 aromatic heterocycles. The van der Waals surface area contributed by atoms with Gasteiger partial charge in [-0.05, 0) is 43.3 Å². The molecule has 0 bridgehead atoms. The van der Waals surface area contributed by atoms with Crippen molar-refractivity contribution in [1.29, 1.82) is 0 Å². The minimum Gasteiger partial charge on any atom is -0.497 e. The van der Waals surface area contributed by atoms with Crippen molar-refractivity contribution in [3.8, 4) is 11.5 Å². The zero-order chi connectivity index (χ0) is 21.6. The van der Waals surface area contributed by atoms with E-state index in [1.807, 2.05) is 6.07 Å². The highest BCUT2D eigenvalue weighted by Gasteiger charge is 2.28. The smallest absolute Gasteiger partial charge is 0.293 e. The van der Waals surface area contributed by atoms with Crippen LogP contribution in [0.4, 0.5) is 10.8 Å². The van der Waals surface area contributed by atoms with Crippen molar-refractivity contribution in [1.82, 2.24) is 10.2 Å². The molecule has 0 unspecified atom stereocenters. The van der Waals surface area contributed by atoms with Crippen LogP contribution in [0.15, 0.2) is 58.9 Å². The van der Waals surface area contributed by atoms with Gasteiger partial charge in [-0.1, -0.05) is 29.5 Å². The van der Waals surface area contributed by atoms with Crippen molar-refractivity contribution in [2.24, 2.45) is 0 Å². The molecule has 9 nitrogen and oxygen atoms in total. The van der Waals surface area contributed by atoms with Crippen LogP contribution < -0.4 is 19.1 Å². The van der Waals surface area contributed by atoms with Gasteiger partial charge in [0.2, 0.25) is 5.13 Å². The number of hydrogen-bond donors (Lipinski definition) is 1. The van der Waals surface area contributed by atoms with Gasteiger partial charge in [-0.25, -0.2) is 0 Å². The van der Waals surface area contributed by atoms with Crippen LogP contribution in [-0.2, 0) is 14.8 Å². The fourth-order valence-electron chi connectivity index (χ4n) is 2.52. The van der Waals surface area contributed by atoms with Gasteiger partial charge in [-0.2, -0.15) is 8.42 Å². The van der Waals surface area contributed by atoms with E-state index >= 15 is 0 Å². The van der Waals surface area contributed by atoms with Gasteiger partial charge in [0, 0.05) is 6.54 Å². The zero-order valence-corrected chi connectivity index (χ0v) is 17.9. The topological polar surface area (TPSA) is 111 Å². The van der Waals surface area contributed by atoms with E-state index in [9.17, 15) is 13.2 Å². The Hall–Kier alpha value is -3.18. The van der Waals surface area contributed by atoms with E-state index in [0.717, 1.165) is 11.3 Å². The summed E-state index contributed by atoms with van der Waals surface area (Å²) in [5, 5.41) is 10.1. The molecule has 3 aromatic rings. The van der Waals surface area contributed by atoms with Crippen molar-refractivity contribution >= 4 is 38.1 Å². The Morgan fingerprint density at radius 2 is 1.77 bits per heavy atom. The van der Waals surface area contributed by atoms with Crippen LogP contribution in [0.3, 0.4) is 0 Å². The molecule has 1 amide bonds. The highest BCUT2D eigenvalue weighted by atomic mass is 32.2. The van der Waals surface area contributed by atoms with E-state index in [1.54, 1.807) is 55.5 Å². The molecule has 0 aliphatic rings. The first-order valence-corrected chi connectivity index (χ1v) is 11.2. The predicted molar refractivity (Wildman–Crippen MR) is 114 cm³/mol. The number of nitrogens with one attached hydrogen (secondary N) is 1. The van der Waals surface area contributed by atoms with Crippen LogP contribution in [-0.4, -0.2) is 44.8 Å². The highest BCUT2D eigenvalue weighted by Crippen LogP contribution is 2.28. The van der Waals surface area contributed by atoms with E-state index < -0.39 is 15.9 Å².